The smallest absolute Gasteiger partial charge is 0.255 e. The molecule has 0 radical (unpaired) electrons. The number of likely N-dealkylation sites (tertiary alicyclic amines) is 1. The van der Waals surface area contributed by atoms with Crippen LogP contribution in [0.25, 0.3) is 0 Å². The number of benzene rings is 1. The lowest BCUT2D eigenvalue weighted by molar-refractivity contribution is -0.221. The second kappa shape index (κ2) is 7.75. The van der Waals surface area contributed by atoms with Gasteiger partial charge in [-0.3, -0.25) is 9.69 Å². The fourth-order valence-electron chi connectivity index (χ4n) is 4.87. The van der Waals surface area contributed by atoms with E-state index in [1.807, 2.05) is 18.2 Å². The quantitative estimate of drug-likeness (QED) is 0.779. The predicted molar refractivity (Wildman–Crippen MR) is 98.1 cm³/mol. The third-order valence-electron chi connectivity index (χ3n) is 6.22. The molecule has 148 valence electrons. The van der Waals surface area contributed by atoms with E-state index in [1.54, 1.807) is 0 Å². The number of carbonyl (C=O) groups excluding carboxylic acids is 1. The summed E-state index contributed by atoms with van der Waals surface area (Å²) in [5, 5.41) is 11.4. The highest BCUT2D eigenvalue weighted by molar-refractivity contribution is 5.75. The Morgan fingerprint density at radius 3 is 3.04 bits per heavy atom. The fraction of sp³-hybridized carbons (Fsp3) is 0.650. The lowest BCUT2D eigenvalue weighted by Gasteiger charge is -2.57. The molecule has 0 aromatic heterocycles. The van der Waals surface area contributed by atoms with Crippen molar-refractivity contribution in [3.63, 3.8) is 0 Å². The molecule has 7 heteroatoms. The van der Waals surface area contributed by atoms with Crippen molar-refractivity contribution >= 4 is 5.91 Å². The summed E-state index contributed by atoms with van der Waals surface area (Å²) in [5.74, 6) is 0.370. The van der Waals surface area contributed by atoms with Crippen LogP contribution in [0, 0.1) is 11.8 Å². The lowest BCUT2D eigenvalue weighted by Crippen LogP contribution is -2.67. The van der Waals surface area contributed by atoms with Crippen molar-refractivity contribution in [3.05, 3.63) is 29.8 Å². The zero-order valence-corrected chi connectivity index (χ0v) is 15.5. The first-order valence-electron chi connectivity index (χ1n) is 9.68. The number of aliphatic hydroxyl groups is 1. The van der Waals surface area contributed by atoms with Crippen molar-refractivity contribution in [1.82, 2.24) is 4.90 Å². The van der Waals surface area contributed by atoms with Gasteiger partial charge >= 0.3 is 0 Å². The minimum absolute atomic E-state index is 0.100. The Labute approximate surface area is 159 Å². The van der Waals surface area contributed by atoms with Gasteiger partial charge in [0.05, 0.1) is 18.8 Å². The van der Waals surface area contributed by atoms with Gasteiger partial charge in [-0.2, -0.15) is 0 Å². The summed E-state index contributed by atoms with van der Waals surface area (Å²) in [7, 11) is 0. The fourth-order valence-corrected chi connectivity index (χ4v) is 4.87. The highest BCUT2D eigenvalue weighted by Gasteiger charge is 2.55. The van der Waals surface area contributed by atoms with Crippen LogP contribution in [0.5, 0.6) is 5.75 Å². The third-order valence-corrected chi connectivity index (χ3v) is 6.22. The van der Waals surface area contributed by atoms with Gasteiger partial charge in [0.15, 0.2) is 6.61 Å². The highest BCUT2D eigenvalue weighted by Crippen LogP contribution is 2.44. The third kappa shape index (κ3) is 3.82. The number of primary amides is 1. The van der Waals surface area contributed by atoms with Gasteiger partial charge in [0.1, 0.15) is 5.75 Å². The molecular weight excluding hydrogens is 348 g/mol. The van der Waals surface area contributed by atoms with Gasteiger partial charge in [-0.15, -0.1) is 0 Å². The Hall–Kier alpha value is -1.67. The molecule has 3 N–H and O–H groups in total. The SMILES string of the molecule is NC(=O)COc1cccc(CN2C[C@H]3COCC[C@@]3(O)[C@@H]3COCC[C@@H]32)c1. The molecular formula is C20H28N2O5. The van der Waals surface area contributed by atoms with Crippen molar-refractivity contribution in [3.8, 4) is 5.75 Å². The number of nitrogens with zero attached hydrogens (tertiary/aromatic N) is 1. The van der Waals surface area contributed by atoms with Crippen molar-refractivity contribution in [2.75, 3.05) is 39.6 Å². The number of hydrogen-bond donors (Lipinski definition) is 2. The largest absolute Gasteiger partial charge is 0.484 e. The van der Waals surface area contributed by atoms with Gasteiger partial charge in [-0.1, -0.05) is 12.1 Å². The molecule has 1 amide bonds. The molecule has 1 aromatic rings. The summed E-state index contributed by atoms with van der Waals surface area (Å²) in [6.45, 7) is 4.01. The van der Waals surface area contributed by atoms with Crippen LogP contribution in [0.1, 0.15) is 18.4 Å². The number of piperidine rings is 1. The molecule has 3 heterocycles. The van der Waals surface area contributed by atoms with Crippen LogP contribution < -0.4 is 10.5 Å². The van der Waals surface area contributed by atoms with Gasteiger partial charge in [-0.05, 0) is 24.1 Å². The van der Waals surface area contributed by atoms with E-state index >= 15 is 0 Å². The number of amides is 1. The second-order valence-corrected chi connectivity index (χ2v) is 7.88. The van der Waals surface area contributed by atoms with E-state index < -0.39 is 11.5 Å². The maximum absolute atomic E-state index is 11.4. The van der Waals surface area contributed by atoms with Gasteiger partial charge in [-0.25, -0.2) is 0 Å². The molecule has 3 aliphatic rings. The standard InChI is InChI=1S/C20H28N2O5/c21-19(23)13-27-16-3-1-2-14(8-16)9-22-10-15-11-26-7-5-20(15,24)17-12-25-6-4-18(17)22/h1-3,8,15,17-18,24H,4-7,9-13H2,(H2,21,23)/t15-,17+,18-,20-/m0/s1. The summed E-state index contributed by atoms with van der Waals surface area (Å²) >= 11 is 0. The van der Waals surface area contributed by atoms with E-state index in [2.05, 4.69) is 11.0 Å². The molecule has 27 heavy (non-hydrogen) atoms. The Morgan fingerprint density at radius 2 is 2.19 bits per heavy atom. The first-order valence-corrected chi connectivity index (χ1v) is 9.68. The van der Waals surface area contributed by atoms with Gasteiger partial charge < -0.3 is 25.1 Å². The molecule has 3 saturated heterocycles. The molecule has 0 bridgehead atoms. The van der Waals surface area contributed by atoms with Crippen molar-refractivity contribution < 1.29 is 24.1 Å². The Kier molecular flexibility index (Phi) is 5.36. The number of carbonyl (C=O) groups is 1. The van der Waals surface area contributed by atoms with Gasteiger partial charge in [0.25, 0.3) is 5.91 Å². The number of fused-ring (bicyclic) bond motifs is 3. The number of ether oxygens (including phenoxy) is 3. The molecule has 1 aromatic carbocycles. The van der Waals surface area contributed by atoms with Crippen LogP contribution in [0.15, 0.2) is 24.3 Å². The second-order valence-electron chi connectivity index (χ2n) is 7.88. The van der Waals surface area contributed by atoms with Crippen LogP contribution in [-0.2, 0) is 20.8 Å². The molecule has 7 nitrogen and oxygen atoms in total. The van der Waals surface area contributed by atoms with Crippen LogP contribution in [0.3, 0.4) is 0 Å². The highest BCUT2D eigenvalue weighted by atomic mass is 16.5. The average molecular weight is 376 g/mol. The van der Waals surface area contributed by atoms with E-state index in [4.69, 9.17) is 19.9 Å². The zero-order valence-electron chi connectivity index (χ0n) is 15.5. The van der Waals surface area contributed by atoms with Crippen LogP contribution in [-0.4, -0.2) is 67.1 Å². The maximum Gasteiger partial charge on any atom is 0.255 e. The molecule has 4 rings (SSSR count). The van der Waals surface area contributed by atoms with Crippen LogP contribution >= 0.6 is 0 Å². The molecule has 0 aliphatic carbocycles. The van der Waals surface area contributed by atoms with E-state index in [-0.39, 0.29) is 18.4 Å². The molecule has 4 atom stereocenters. The predicted octanol–water partition coefficient (Wildman–Crippen LogP) is 0.539. The minimum atomic E-state index is -0.688. The Bertz CT molecular complexity index is 684. The molecule has 3 fully saturated rings. The molecule has 0 unspecified atom stereocenters. The zero-order chi connectivity index (χ0) is 18.9. The average Bonchev–Trinajstić information content (AvgIpc) is 2.67. The number of rotatable bonds is 5. The summed E-state index contributed by atoms with van der Waals surface area (Å²) in [5.41, 5.74) is 5.58. The normalized spacial score (nSPS) is 33.7. The van der Waals surface area contributed by atoms with Crippen molar-refractivity contribution in [2.24, 2.45) is 17.6 Å². The molecule has 0 saturated carbocycles. The van der Waals surface area contributed by atoms with E-state index in [1.165, 1.54) is 0 Å². The van der Waals surface area contributed by atoms with Crippen LogP contribution in [0.2, 0.25) is 0 Å². The van der Waals surface area contributed by atoms with Crippen molar-refractivity contribution in [2.45, 2.75) is 31.0 Å². The first-order chi connectivity index (χ1) is 13.1. The Balaban J connectivity index is 1.51. The topological polar surface area (TPSA) is 94.3 Å². The monoisotopic (exact) mass is 376 g/mol. The van der Waals surface area contributed by atoms with E-state index in [0.29, 0.717) is 38.0 Å². The lowest BCUT2D eigenvalue weighted by atomic mass is 9.66. The van der Waals surface area contributed by atoms with E-state index in [0.717, 1.165) is 31.7 Å². The Morgan fingerprint density at radius 1 is 1.33 bits per heavy atom. The number of hydrogen-bond acceptors (Lipinski definition) is 6. The van der Waals surface area contributed by atoms with Crippen LogP contribution in [0.4, 0.5) is 0 Å². The minimum Gasteiger partial charge on any atom is -0.484 e. The first kappa shape index (κ1) is 18.7. The summed E-state index contributed by atoms with van der Waals surface area (Å²) in [6, 6.07) is 8.07. The summed E-state index contributed by atoms with van der Waals surface area (Å²) in [4.78, 5) is 13.4. The molecule has 0 spiro atoms. The van der Waals surface area contributed by atoms with E-state index in [9.17, 15) is 9.90 Å². The number of nitrogens with two attached hydrogens (primary N) is 1. The molecule has 3 aliphatic heterocycles. The summed E-state index contributed by atoms with van der Waals surface area (Å²) in [6.07, 6.45) is 1.62. The van der Waals surface area contributed by atoms with Gasteiger partial charge in [0.2, 0.25) is 0 Å². The maximum atomic E-state index is 11.4. The van der Waals surface area contributed by atoms with Crippen molar-refractivity contribution in [1.29, 1.82) is 0 Å². The van der Waals surface area contributed by atoms with Gasteiger partial charge in [0, 0.05) is 50.6 Å². The summed E-state index contributed by atoms with van der Waals surface area (Å²) < 4.78 is 16.8.